The topological polar surface area (TPSA) is 80.9 Å². The second-order valence-corrected chi connectivity index (χ2v) is 7.34. The maximum atomic E-state index is 12.7. The molecule has 1 aromatic carbocycles. The third kappa shape index (κ3) is 4.12. The zero-order chi connectivity index (χ0) is 23.0. The smallest absolute Gasteiger partial charge is 0.433 e. The van der Waals surface area contributed by atoms with Crippen LogP contribution in [0, 0.1) is 0 Å². The van der Waals surface area contributed by atoms with Gasteiger partial charge in [0, 0.05) is 35.9 Å². The van der Waals surface area contributed by atoms with Crippen molar-refractivity contribution in [2.24, 2.45) is 0 Å². The van der Waals surface area contributed by atoms with Gasteiger partial charge < -0.3 is 9.73 Å². The largest absolute Gasteiger partial charge is 0.456 e. The highest BCUT2D eigenvalue weighted by Crippen LogP contribution is 2.31. The molecule has 4 heterocycles. The van der Waals surface area contributed by atoms with Crippen molar-refractivity contribution in [2.75, 3.05) is 0 Å². The Kier molecular flexibility index (Phi) is 5.01. The summed E-state index contributed by atoms with van der Waals surface area (Å²) in [7, 11) is 0. The maximum Gasteiger partial charge on any atom is 0.433 e. The number of rotatable bonds is 4. The fraction of sp³-hybridized carbons (Fsp3) is 0.0833. The Labute approximate surface area is 185 Å². The molecule has 33 heavy (non-hydrogen) atoms. The van der Waals surface area contributed by atoms with E-state index in [0.29, 0.717) is 22.4 Å². The summed E-state index contributed by atoms with van der Waals surface area (Å²) in [6.07, 6.45) is -0.155. The molecule has 4 aromatic heterocycles. The average molecular weight is 448 g/mol. The van der Waals surface area contributed by atoms with Gasteiger partial charge in [-0.15, -0.1) is 0 Å². The Morgan fingerprint density at radius 2 is 1.82 bits per heavy atom. The van der Waals surface area contributed by atoms with Crippen LogP contribution in [-0.4, -0.2) is 20.9 Å². The van der Waals surface area contributed by atoms with E-state index in [1.165, 1.54) is 6.07 Å². The number of furan rings is 1. The average Bonchev–Trinajstić information content (AvgIpc) is 3.25. The molecule has 0 fully saturated rings. The molecule has 0 radical (unpaired) electrons. The number of aromatic nitrogens is 3. The first kappa shape index (κ1) is 20.6. The second kappa shape index (κ2) is 8.01. The Morgan fingerprint density at radius 3 is 2.58 bits per heavy atom. The van der Waals surface area contributed by atoms with Crippen LogP contribution in [0.25, 0.3) is 33.2 Å². The fourth-order valence-corrected chi connectivity index (χ4v) is 3.43. The minimum absolute atomic E-state index is 0.0104. The van der Waals surface area contributed by atoms with Crippen LogP contribution in [0.2, 0.25) is 0 Å². The molecule has 1 N–H and O–H groups in total. The molecule has 0 atom stereocenters. The number of fused-ring (bicyclic) bond motifs is 2. The molecule has 0 bridgehead atoms. The standard InChI is InChI=1S/C24H15F3N4O2/c25-24(26,27)21-8-5-14(10-29-21)11-30-23(32)18-7-6-16-12-28-13-17(22(16)31-18)20-9-15-3-1-2-4-19(15)33-20/h1-10,12-13H,11H2,(H,30,32). The number of amides is 1. The van der Waals surface area contributed by atoms with Gasteiger partial charge in [-0.2, -0.15) is 13.2 Å². The lowest BCUT2D eigenvalue weighted by Gasteiger charge is -2.09. The molecule has 1 amide bonds. The van der Waals surface area contributed by atoms with Gasteiger partial charge in [-0.25, -0.2) is 4.98 Å². The van der Waals surface area contributed by atoms with Crippen molar-refractivity contribution in [2.45, 2.75) is 12.7 Å². The monoisotopic (exact) mass is 448 g/mol. The lowest BCUT2D eigenvalue weighted by Crippen LogP contribution is -2.24. The van der Waals surface area contributed by atoms with E-state index in [1.807, 2.05) is 30.3 Å². The van der Waals surface area contributed by atoms with Gasteiger partial charge in [0.25, 0.3) is 5.91 Å². The summed E-state index contributed by atoms with van der Waals surface area (Å²) < 4.78 is 43.9. The minimum atomic E-state index is -4.51. The number of hydrogen-bond donors (Lipinski definition) is 1. The van der Waals surface area contributed by atoms with Crippen LogP contribution in [0.4, 0.5) is 13.2 Å². The van der Waals surface area contributed by atoms with E-state index >= 15 is 0 Å². The highest BCUT2D eigenvalue weighted by Gasteiger charge is 2.32. The van der Waals surface area contributed by atoms with Gasteiger partial charge >= 0.3 is 6.18 Å². The molecule has 0 aliphatic carbocycles. The van der Waals surface area contributed by atoms with Gasteiger partial charge in [0.05, 0.1) is 11.1 Å². The zero-order valence-corrected chi connectivity index (χ0v) is 16.9. The van der Waals surface area contributed by atoms with E-state index in [4.69, 9.17) is 4.42 Å². The third-order valence-electron chi connectivity index (χ3n) is 5.09. The highest BCUT2D eigenvalue weighted by molar-refractivity contribution is 5.98. The maximum absolute atomic E-state index is 12.7. The van der Waals surface area contributed by atoms with Crippen molar-refractivity contribution in [3.05, 3.63) is 90.1 Å². The lowest BCUT2D eigenvalue weighted by molar-refractivity contribution is -0.141. The second-order valence-electron chi connectivity index (χ2n) is 7.34. The molecule has 0 aliphatic heterocycles. The highest BCUT2D eigenvalue weighted by atomic mass is 19.4. The summed E-state index contributed by atoms with van der Waals surface area (Å²) in [5.74, 6) is 0.111. The summed E-state index contributed by atoms with van der Waals surface area (Å²) in [6, 6.07) is 14.9. The van der Waals surface area contributed by atoms with E-state index < -0.39 is 17.8 Å². The molecule has 164 valence electrons. The van der Waals surface area contributed by atoms with Gasteiger partial charge in [0.15, 0.2) is 0 Å². The van der Waals surface area contributed by atoms with Gasteiger partial charge in [-0.05, 0) is 35.9 Å². The number of halogens is 3. The van der Waals surface area contributed by atoms with E-state index in [1.54, 1.807) is 24.5 Å². The number of benzene rings is 1. The summed E-state index contributed by atoms with van der Waals surface area (Å²) >= 11 is 0. The summed E-state index contributed by atoms with van der Waals surface area (Å²) in [4.78, 5) is 24.8. The molecule has 0 unspecified atom stereocenters. The first-order valence-electron chi connectivity index (χ1n) is 9.92. The number of alkyl halides is 3. The van der Waals surface area contributed by atoms with E-state index in [9.17, 15) is 18.0 Å². The number of nitrogens with zero attached hydrogens (tertiary/aromatic N) is 3. The molecular formula is C24H15F3N4O2. The van der Waals surface area contributed by atoms with Crippen molar-refractivity contribution >= 4 is 27.8 Å². The SMILES string of the molecule is O=C(NCc1ccc(C(F)(F)F)nc1)c1ccc2cncc(-c3cc4ccccc4o3)c2n1. The van der Waals surface area contributed by atoms with E-state index in [2.05, 4.69) is 20.3 Å². The minimum Gasteiger partial charge on any atom is -0.456 e. The third-order valence-corrected chi connectivity index (χ3v) is 5.09. The van der Waals surface area contributed by atoms with Crippen molar-refractivity contribution in [3.63, 3.8) is 0 Å². The molecule has 0 spiro atoms. The molecule has 0 aliphatic rings. The predicted molar refractivity (Wildman–Crippen MR) is 115 cm³/mol. The van der Waals surface area contributed by atoms with Gasteiger partial charge in [-0.1, -0.05) is 24.3 Å². The van der Waals surface area contributed by atoms with Crippen LogP contribution in [0.5, 0.6) is 0 Å². The van der Waals surface area contributed by atoms with Crippen LogP contribution >= 0.6 is 0 Å². The normalized spacial score (nSPS) is 11.7. The predicted octanol–water partition coefficient (Wildman–Crippen LogP) is 5.39. The van der Waals surface area contributed by atoms with Crippen molar-refractivity contribution in [3.8, 4) is 11.3 Å². The molecule has 9 heteroatoms. The first-order chi connectivity index (χ1) is 15.9. The van der Waals surface area contributed by atoms with Crippen LogP contribution in [-0.2, 0) is 12.7 Å². The number of pyridine rings is 3. The van der Waals surface area contributed by atoms with E-state index in [0.717, 1.165) is 28.6 Å². The van der Waals surface area contributed by atoms with Crippen molar-refractivity contribution in [1.29, 1.82) is 0 Å². The number of nitrogens with one attached hydrogen (secondary N) is 1. The fourth-order valence-electron chi connectivity index (χ4n) is 3.43. The quantitative estimate of drug-likeness (QED) is 0.399. The molecule has 6 nitrogen and oxygen atoms in total. The van der Waals surface area contributed by atoms with Gasteiger partial charge in [-0.3, -0.25) is 14.8 Å². The molecular weight excluding hydrogens is 433 g/mol. The van der Waals surface area contributed by atoms with E-state index in [-0.39, 0.29) is 12.2 Å². The molecule has 0 saturated carbocycles. The Hall–Kier alpha value is -4.27. The molecule has 5 rings (SSSR count). The summed E-state index contributed by atoms with van der Waals surface area (Å²) in [5.41, 5.74) is 1.53. The van der Waals surface area contributed by atoms with Crippen molar-refractivity contribution < 1.29 is 22.4 Å². The van der Waals surface area contributed by atoms with Crippen LogP contribution in [0.3, 0.4) is 0 Å². The van der Waals surface area contributed by atoms with Crippen LogP contribution in [0.1, 0.15) is 21.7 Å². The number of carbonyl (C=O) groups is 1. The number of carbonyl (C=O) groups excluding carboxylic acids is 1. The van der Waals surface area contributed by atoms with Gasteiger partial charge in [0.1, 0.15) is 22.7 Å². The Morgan fingerprint density at radius 1 is 0.970 bits per heavy atom. The first-order valence-corrected chi connectivity index (χ1v) is 9.92. The van der Waals surface area contributed by atoms with Crippen molar-refractivity contribution in [1.82, 2.24) is 20.3 Å². The van der Waals surface area contributed by atoms with Crippen LogP contribution in [0.15, 0.2) is 77.6 Å². The number of para-hydroxylation sites is 1. The summed E-state index contributed by atoms with van der Waals surface area (Å²) in [5, 5.41) is 4.32. The molecule has 0 saturated heterocycles. The zero-order valence-electron chi connectivity index (χ0n) is 16.9. The Balaban J connectivity index is 1.40. The lowest BCUT2D eigenvalue weighted by atomic mass is 10.1. The van der Waals surface area contributed by atoms with Gasteiger partial charge in [0.2, 0.25) is 0 Å². The Bertz CT molecular complexity index is 1440. The molecule has 5 aromatic rings. The van der Waals surface area contributed by atoms with Crippen LogP contribution < -0.4 is 5.32 Å². The summed E-state index contributed by atoms with van der Waals surface area (Å²) in [6.45, 7) is 0.0104. The number of hydrogen-bond acceptors (Lipinski definition) is 5.